The van der Waals surface area contributed by atoms with Gasteiger partial charge in [0.1, 0.15) is 4.60 Å². The van der Waals surface area contributed by atoms with Gasteiger partial charge in [-0.3, -0.25) is 0 Å². The normalized spacial score (nSPS) is 19.8. The number of halogens is 1. The van der Waals surface area contributed by atoms with E-state index in [9.17, 15) is 0 Å². The molecule has 1 aliphatic carbocycles. The van der Waals surface area contributed by atoms with E-state index in [4.69, 9.17) is 0 Å². The molecule has 1 aromatic rings. The maximum absolute atomic E-state index is 4.20. The molecular formula is C9H10BrN. The lowest BCUT2D eigenvalue weighted by Gasteiger charge is -2.06. The molecule has 0 saturated heterocycles. The van der Waals surface area contributed by atoms with Gasteiger partial charge in [0.15, 0.2) is 0 Å². The van der Waals surface area contributed by atoms with Crippen molar-refractivity contribution in [1.82, 2.24) is 4.98 Å². The maximum atomic E-state index is 4.20. The van der Waals surface area contributed by atoms with Gasteiger partial charge in [-0.15, -0.1) is 0 Å². The summed E-state index contributed by atoms with van der Waals surface area (Å²) in [6, 6.07) is 4.17. The Morgan fingerprint density at radius 1 is 1.45 bits per heavy atom. The SMILES string of the molecule is CC1(c2ccc(Br)nc2)CC1. The zero-order valence-corrected chi connectivity index (χ0v) is 8.06. The van der Waals surface area contributed by atoms with Crippen molar-refractivity contribution >= 4 is 15.9 Å². The summed E-state index contributed by atoms with van der Waals surface area (Å²) in [5.41, 5.74) is 1.83. The summed E-state index contributed by atoms with van der Waals surface area (Å²) in [4.78, 5) is 4.20. The summed E-state index contributed by atoms with van der Waals surface area (Å²) in [7, 11) is 0. The van der Waals surface area contributed by atoms with Gasteiger partial charge in [-0.1, -0.05) is 13.0 Å². The van der Waals surface area contributed by atoms with Crippen LogP contribution in [0.4, 0.5) is 0 Å². The minimum absolute atomic E-state index is 0.452. The van der Waals surface area contributed by atoms with E-state index >= 15 is 0 Å². The molecule has 1 saturated carbocycles. The molecule has 1 aromatic heterocycles. The average Bonchev–Trinajstić information content (AvgIpc) is 2.70. The van der Waals surface area contributed by atoms with Crippen molar-refractivity contribution in [3.05, 3.63) is 28.5 Å². The van der Waals surface area contributed by atoms with Crippen LogP contribution in [0.5, 0.6) is 0 Å². The van der Waals surface area contributed by atoms with Gasteiger partial charge in [-0.2, -0.15) is 0 Å². The largest absolute Gasteiger partial charge is 0.249 e. The van der Waals surface area contributed by atoms with Crippen molar-refractivity contribution in [1.29, 1.82) is 0 Å². The Morgan fingerprint density at radius 2 is 2.18 bits per heavy atom. The van der Waals surface area contributed by atoms with Crippen LogP contribution < -0.4 is 0 Å². The molecule has 1 aliphatic rings. The van der Waals surface area contributed by atoms with E-state index in [0.717, 1.165) is 4.60 Å². The van der Waals surface area contributed by atoms with Crippen LogP contribution in [0.3, 0.4) is 0 Å². The Morgan fingerprint density at radius 3 is 2.64 bits per heavy atom. The van der Waals surface area contributed by atoms with Crippen molar-refractivity contribution in [2.24, 2.45) is 0 Å². The van der Waals surface area contributed by atoms with Gasteiger partial charge in [0.2, 0.25) is 0 Å². The maximum Gasteiger partial charge on any atom is 0.106 e. The number of hydrogen-bond donors (Lipinski definition) is 0. The van der Waals surface area contributed by atoms with Gasteiger partial charge >= 0.3 is 0 Å². The van der Waals surface area contributed by atoms with E-state index in [-0.39, 0.29) is 0 Å². The predicted molar refractivity (Wildman–Crippen MR) is 48.5 cm³/mol. The first-order chi connectivity index (χ1) is 5.21. The van der Waals surface area contributed by atoms with Gasteiger partial charge in [0.05, 0.1) is 0 Å². The van der Waals surface area contributed by atoms with Gasteiger partial charge in [-0.25, -0.2) is 4.98 Å². The van der Waals surface area contributed by atoms with Crippen molar-refractivity contribution in [3.63, 3.8) is 0 Å². The van der Waals surface area contributed by atoms with Crippen LogP contribution >= 0.6 is 15.9 Å². The monoisotopic (exact) mass is 211 g/mol. The number of aromatic nitrogens is 1. The van der Waals surface area contributed by atoms with Crippen molar-refractivity contribution in [3.8, 4) is 0 Å². The first kappa shape index (κ1) is 7.29. The van der Waals surface area contributed by atoms with E-state index in [1.165, 1.54) is 18.4 Å². The fraction of sp³-hybridized carbons (Fsp3) is 0.444. The highest BCUT2D eigenvalue weighted by Gasteiger charge is 2.38. The molecule has 0 atom stereocenters. The summed E-state index contributed by atoms with van der Waals surface area (Å²) in [5.74, 6) is 0. The van der Waals surface area contributed by atoms with Gasteiger partial charge in [0.25, 0.3) is 0 Å². The van der Waals surface area contributed by atoms with Crippen LogP contribution in [0.1, 0.15) is 25.3 Å². The molecule has 11 heavy (non-hydrogen) atoms. The van der Waals surface area contributed by atoms with Crippen molar-refractivity contribution in [2.75, 3.05) is 0 Å². The molecule has 58 valence electrons. The summed E-state index contributed by atoms with van der Waals surface area (Å²) in [5, 5.41) is 0. The number of nitrogens with zero attached hydrogens (tertiary/aromatic N) is 1. The lowest BCUT2D eigenvalue weighted by Crippen LogP contribution is -1.99. The van der Waals surface area contributed by atoms with Gasteiger partial charge < -0.3 is 0 Å². The second kappa shape index (κ2) is 2.31. The van der Waals surface area contributed by atoms with Crippen LogP contribution in [0.25, 0.3) is 0 Å². The van der Waals surface area contributed by atoms with Crippen LogP contribution in [-0.2, 0) is 5.41 Å². The molecule has 0 aromatic carbocycles. The first-order valence-electron chi connectivity index (χ1n) is 3.83. The molecule has 0 N–H and O–H groups in total. The fourth-order valence-corrected chi connectivity index (χ4v) is 1.44. The molecule has 1 fully saturated rings. The van der Waals surface area contributed by atoms with Crippen molar-refractivity contribution < 1.29 is 0 Å². The number of pyridine rings is 1. The molecule has 0 radical (unpaired) electrons. The predicted octanol–water partition coefficient (Wildman–Crippen LogP) is 2.90. The molecule has 2 heteroatoms. The molecule has 0 aliphatic heterocycles. The summed E-state index contributed by atoms with van der Waals surface area (Å²) in [6.07, 6.45) is 4.60. The highest BCUT2D eigenvalue weighted by Crippen LogP contribution is 2.47. The minimum Gasteiger partial charge on any atom is -0.249 e. The Labute approximate surface area is 75.0 Å². The van der Waals surface area contributed by atoms with Crippen LogP contribution in [0.2, 0.25) is 0 Å². The van der Waals surface area contributed by atoms with Crippen molar-refractivity contribution in [2.45, 2.75) is 25.2 Å². The average molecular weight is 212 g/mol. The quantitative estimate of drug-likeness (QED) is 0.652. The number of rotatable bonds is 1. The number of hydrogen-bond acceptors (Lipinski definition) is 1. The molecule has 0 amide bonds. The van der Waals surface area contributed by atoms with Crippen LogP contribution in [-0.4, -0.2) is 4.98 Å². The lowest BCUT2D eigenvalue weighted by atomic mass is 10.0. The highest BCUT2D eigenvalue weighted by atomic mass is 79.9. The second-order valence-electron chi connectivity index (χ2n) is 3.43. The van der Waals surface area contributed by atoms with E-state index < -0.39 is 0 Å². The van der Waals surface area contributed by atoms with E-state index in [2.05, 4.69) is 33.9 Å². The molecular weight excluding hydrogens is 202 g/mol. The van der Waals surface area contributed by atoms with Gasteiger partial charge in [0, 0.05) is 6.20 Å². The zero-order chi connectivity index (χ0) is 7.90. The second-order valence-corrected chi connectivity index (χ2v) is 4.24. The highest BCUT2D eigenvalue weighted by molar-refractivity contribution is 9.10. The zero-order valence-electron chi connectivity index (χ0n) is 6.47. The van der Waals surface area contributed by atoms with Crippen LogP contribution in [0.15, 0.2) is 22.9 Å². The Hall–Kier alpha value is -0.370. The lowest BCUT2D eigenvalue weighted by molar-refractivity contribution is 0.780. The summed E-state index contributed by atoms with van der Waals surface area (Å²) >= 11 is 3.32. The fourth-order valence-electron chi connectivity index (χ4n) is 1.21. The van der Waals surface area contributed by atoms with E-state index in [0.29, 0.717) is 5.41 Å². The first-order valence-corrected chi connectivity index (χ1v) is 4.62. The third-order valence-electron chi connectivity index (χ3n) is 2.42. The third-order valence-corrected chi connectivity index (χ3v) is 2.89. The molecule has 1 heterocycles. The minimum atomic E-state index is 0.452. The smallest absolute Gasteiger partial charge is 0.106 e. The van der Waals surface area contributed by atoms with Gasteiger partial charge in [-0.05, 0) is 45.8 Å². The molecule has 0 unspecified atom stereocenters. The summed E-state index contributed by atoms with van der Waals surface area (Å²) in [6.45, 7) is 2.29. The molecule has 2 rings (SSSR count). The Kier molecular flexibility index (Phi) is 1.53. The Bertz CT molecular complexity index is 261. The third kappa shape index (κ3) is 1.32. The van der Waals surface area contributed by atoms with E-state index in [1.807, 2.05) is 12.3 Å². The van der Waals surface area contributed by atoms with E-state index in [1.54, 1.807) is 0 Å². The topological polar surface area (TPSA) is 12.9 Å². The summed E-state index contributed by atoms with van der Waals surface area (Å²) < 4.78 is 0.922. The molecule has 0 spiro atoms. The molecule has 1 nitrogen and oxygen atoms in total. The molecule has 0 bridgehead atoms. The standard InChI is InChI=1S/C9H10BrN/c1-9(4-5-9)7-2-3-8(10)11-6-7/h2-3,6H,4-5H2,1H3. The van der Waals surface area contributed by atoms with Crippen LogP contribution in [0, 0.1) is 0 Å². The Balaban J connectivity index is 2.33.